The highest BCUT2D eigenvalue weighted by molar-refractivity contribution is 5.93. The summed E-state index contributed by atoms with van der Waals surface area (Å²) < 4.78 is 2.30. The van der Waals surface area contributed by atoms with Gasteiger partial charge in [-0.3, -0.25) is 4.79 Å². The van der Waals surface area contributed by atoms with E-state index in [4.69, 9.17) is 5.73 Å². The van der Waals surface area contributed by atoms with Crippen molar-refractivity contribution in [2.24, 2.45) is 11.7 Å². The Morgan fingerprint density at radius 3 is 2.92 bits per heavy atom. The van der Waals surface area contributed by atoms with Crippen molar-refractivity contribution in [1.82, 2.24) is 9.88 Å². The summed E-state index contributed by atoms with van der Waals surface area (Å²) in [7, 11) is 0. The lowest BCUT2D eigenvalue weighted by Crippen LogP contribution is -2.32. The minimum atomic E-state index is 0.103. The van der Waals surface area contributed by atoms with Crippen LogP contribution in [0.25, 0.3) is 16.5 Å². The molecule has 0 fully saturated rings. The van der Waals surface area contributed by atoms with Crippen LogP contribution in [0.3, 0.4) is 0 Å². The van der Waals surface area contributed by atoms with E-state index in [2.05, 4.69) is 53.3 Å². The van der Waals surface area contributed by atoms with Crippen LogP contribution in [-0.2, 0) is 11.3 Å². The first-order chi connectivity index (χ1) is 11.7. The number of hydrogen-bond donors (Lipinski definition) is 2. The summed E-state index contributed by atoms with van der Waals surface area (Å²) >= 11 is 0. The van der Waals surface area contributed by atoms with Gasteiger partial charge in [-0.1, -0.05) is 24.3 Å². The van der Waals surface area contributed by atoms with Gasteiger partial charge >= 0.3 is 0 Å². The molecule has 2 aromatic rings. The number of fused-ring (bicyclic) bond motifs is 1. The average Bonchev–Trinajstić information content (AvgIpc) is 3.01. The van der Waals surface area contributed by atoms with E-state index in [0.717, 1.165) is 32.2 Å². The molecule has 1 unspecified atom stereocenters. The van der Waals surface area contributed by atoms with Gasteiger partial charge in [-0.2, -0.15) is 0 Å². The minimum absolute atomic E-state index is 0.103. The molecule has 3 rings (SSSR count). The maximum absolute atomic E-state index is 12.2. The van der Waals surface area contributed by atoms with Gasteiger partial charge in [-0.15, -0.1) is 0 Å². The molecule has 4 heteroatoms. The van der Waals surface area contributed by atoms with Crippen molar-refractivity contribution >= 4 is 22.4 Å². The van der Waals surface area contributed by atoms with E-state index in [1.54, 1.807) is 0 Å². The molecule has 0 aliphatic heterocycles. The number of aromatic nitrogens is 1. The lowest BCUT2D eigenvalue weighted by atomic mass is 9.86. The van der Waals surface area contributed by atoms with E-state index >= 15 is 0 Å². The third-order valence-electron chi connectivity index (χ3n) is 4.94. The maximum Gasteiger partial charge on any atom is 0.223 e. The second-order valence-corrected chi connectivity index (χ2v) is 6.48. The van der Waals surface area contributed by atoms with E-state index in [9.17, 15) is 4.79 Å². The van der Waals surface area contributed by atoms with Crippen LogP contribution in [0.2, 0.25) is 0 Å². The van der Waals surface area contributed by atoms with E-state index in [1.807, 2.05) is 0 Å². The maximum atomic E-state index is 12.2. The Bertz CT molecular complexity index is 744. The van der Waals surface area contributed by atoms with Gasteiger partial charge in [-0.05, 0) is 50.8 Å². The monoisotopic (exact) mass is 325 g/mol. The van der Waals surface area contributed by atoms with E-state index in [0.29, 0.717) is 13.1 Å². The van der Waals surface area contributed by atoms with Gasteiger partial charge in [0.15, 0.2) is 0 Å². The van der Waals surface area contributed by atoms with Crippen molar-refractivity contribution in [3.8, 4) is 0 Å². The fourth-order valence-electron chi connectivity index (χ4n) is 3.54. The third-order valence-corrected chi connectivity index (χ3v) is 4.94. The minimum Gasteiger partial charge on any atom is -0.356 e. The zero-order chi connectivity index (χ0) is 16.9. The molecule has 1 aromatic heterocycles. The van der Waals surface area contributed by atoms with Crippen molar-refractivity contribution in [2.75, 3.05) is 13.1 Å². The summed E-state index contributed by atoms with van der Waals surface area (Å²) in [5.41, 5.74) is 9.47. The molecule has 1 aliphatic carbocycles. The number of nitrogens with zero attached hydrogens (tertiary/aromatic N) is 1. The molecule has 1 atom stereocenters. The Balaban J connectivity index is 1.75. The molecule has 128 valence electrons. The van der Waals surface area contributed by atoms with Crippen LogP contribution in [0.15, 0.2) is 36.5 Å². The lowest BCUT2D eigenvalue weighted by Gasteiger charge is -2.21. The van der Waals surface area contributed by atoms with Crippen LogP contribution in [0.5, 0.6) is 0 Å². The summed E-state index contributed by atoms with van der Waals surface area (Å²) in [6.45, 7) is 4.45. The second-order valence-electron chi connectivity index (χ2n) is 6.48. The number of benzene rings is 1. The van der Waals surface area contributed by atoms with Crippen LogP contribution >= 0.6 is 0 Å². The number of allylic oxidation sites excluding steroid dienone is 2. The molecule has 3 N–H and O–H groups in total. The number of para-hydroxylation sites is 1. The number of carbonyl (C=O) groups is 1. The molecule has 1 heterocycles. The third kappa shape index (κ3) is 3.39. The Morgan fingerprint density at radius 2 is 2.21 bits per heavy atom. The van der Waals surface area contributed by atoms with Crippen LogP contribution in [-0.4, -0.2) is 23.6 Å². The molecular weight excluding hydrogens is 298 g/mol. The first-order valence-electron chi connectivity index (χ1n) is 8.99. The summed E-state index contributed by atoms with van der Waals surface area (Å²) in [6.07, 6.45) is 8.08. The molecule has 0 saturated heterocycles. The van der Waals surface area contributed by atoms with E-state index in [-0.39, 0.29) is 11.8 Å². The predicted octanol–water partition coefficient (Wildman–Crippen LogP) is 3.31. The molecule has 1 aliphatic rings. The Kier molecular flexibility index (Phi) is 5.36. The number of rotatable bonds is 6. The van der Waals surface area contributed by atoms with Crippen LogP contribution in [0.4, 0.5) is 0 Å². The van der Waals surface area contributed by atoms with Gasteiger partial charge in [0.2, 0.25) is 5.91 Å². The highest BCUT2D eigenvalue weighted by Crippen LogP contribution is 2.35. The largest absolute Gasteiger partial charge is 0.356 e. The van der Waals surface area contributed by atoms with Crippen molar-refractivity contribution in [2.45, 2.75) is 39.2 Å². The average molecular weight is 325 g/mol. The fraction of sp³-hybridized carbons (Fsp3) is 0.450. The van der Waals surface area contributed by atoms with Crippen LogP contribution in [0.1, 0.15) is 38.2 Å². The molecule has 24 heavy (non-hydrogen) atoms. The molecular formula is C20H27N3O. The fourth-order valence-corrected chi connectivity index (χ4v) is 3.54. The zero-order valence-corrected chi connectivity index (χ0v) is 14.4. The topological polar surface area (TPSA) is 60.0 Å². The van der Waals surface area contributed by atoms with E-state index in [1.165, 1.54) is 22.0 Å². The first-order valence-corrected chi connectivity index (χ1v) is 8.99. The van der Waals surface area contributed by atoms with Crippen LogP contribution in [0, 0.1) is 5.92 Å². The Labute approximate surface area is 143 Å². The van der Waals surface area contributed by atoms with Crippen LogP contribution < -0.4 is 11.1 Å². The van der Waals surface area contributed by atoms with Gasteiger partial charge in [0.1, 0.15) is 0 Å². The normalized spacial score (nSPS) is 17.8. The highest BCUT2D eigenvalue weighted by Gasteiger charge is 2.23. The molecule has 1 aromatic carbocycles. The lowest BCUT2D eigenvalue weighted by molar-refractivity contribution is -0.125. The molecule has 0 radical (unpaired) electrons. The molecule has 1 amide bonds. The first kappa shape index (κ1) is 16.8. The SMILES string of the molecule is CCn1cc(C2=CCC(C(=O)NCCCN)CC2)c2ccccc21. The van der Waals surface area contributed by atoms with Gasteiger partial charge in [0, 0.05) is 41.7 Å². The zero-order valence-electron chi connectivity index (χ0n) is 14.4. The molecule has 4 nitrogen and oxygen atoms in total. The number of carbonyl (C=O) groups excluding carboxylic acids is 1. The number of nitrogens with one attached hydrogen (secondary N) is 1. The second kappa shape index (κ2) is 7.67. The van der Waals surface area contributed by atoms with Crippen molar-refractivity contribution in [1.29, 1.82) is 0 Å². The summed E-state index contributed by atoms with van der Waals surface area (Å²) in [4.78, 5) is 12.2. The predicted molar refractivity (Wildman–Crippen MR) is 99.6 cm³/mol. The number of amides is 1. The Morgan fingerprint density at radius 1 is 1.38 bits per heavy atom. The summed E-state index contributed by atoms with van der Waals surface area (Å²) in [6, 6.07) is 8.57. The van der Waals surface area contributed by atoms with E-state index < -0.39 is 0 Å². The standard InChI is InChI=1S/C20H27N3O/c1-2-23-14-18(17-6-3-4-7-19(17)23)15-8-10-16(11-9-15)20(24)22-13-5-12-21/h3-4,6-8,14,16H,2,5,9-13,21H2,1H3,(H,22,24). The number of nitrogens with two attached hydrogens (primary N) is 1. The van der Waals surface area contributed by atoms with Crippen molar-refractivity contribution in [3.63, 3.8) is 0 Å². The summed E-state index contributed by atoms with van der Waals surface area (Å²) in [5, 5.41) is 4.31. The smallest absolute Gasteiger partial charge is 0.223 e. The van der Waals surface area contributed by atoms with Gasteiger partial charge < -0.3 is 15.6 Å². The molecule has 0 saturated carbocycles. The molecule has 0 spiro atoms. The number of hydrogen-bond acceptors (Lipinski definition) is 2. The quantitative estimate of drug-likeness (QED) is 0.801. The summed E-state index contributed by atoms with van der Waals surface area (Å²) in [5.74, 6) is 0.279. The Hall–Kier alpha value is -2.07. The van der Waals surface area contributed by atoms with Gasteiger partial charge in [0.05, 0.1) is 0 Å². The van der Waals surface area contributed by atoms with Crippen molar-refractivity contribution in [3.05, 3.63) is 42.1 Å². The van der Waals surface area contributed by atoms with Crippen molar-refractivity contribution < 1.29 is 4.79 Å². The van der Waals surface area contributed by atoms with Gasteiger partial charge in [0.25, 0.3) is 0 Å². The molecule has 0 bridgehead atoms. The number of aryl methyl sites for hydroxylation is 1. The highest BCUT2D eigenvalue weighted by atomic mass is 16.1. The van der Waals surface area contributed by atoms with Gasteiger partial charge in [-0.25, -0.2) is 0 Å².